The van der Waals surface area contributed by atoms with Gasteiger partial charge in [-0.15, -0.1) is 11.8 Å². The molecule has 37 heavy (non-hydrogen) atoms. The highest BCUT2D eigenvalue weighted by Crippen LogP contribution is 2.38. The zero-order valence-electron chi connectivity index (χ0n) is 20.2. The summed E-state index contributed by atoms with van der Waals surface area (Å²) in [6.07, 6.45) is 0. The number of thioether (sulfide) groups is 1. The van der Waals surface area contributed by atoms with Crippen molar-refractivity contribution in [2.75, 3.05) is 24.9 Å². The number of hydrogen-bond donors (Lipinski definition) is 2. The lowest BCUT2D eigenvalue weighted by Crippen LogP contribution is -2.19. The summed E-state index contributed by atoms with van der Waals surface area (Å²) in [4.78, 5) is 26.8. The van der Waals surface area contributed by atoms with Crippen LogP contribution in [0.3, 0.4) is 0 Å². The number of ether oxygens (including phenoxy) is 2. The molecule has 1 atom stereocenters. The second-order valence-electron chi connectivity index (χ2n) is 7.93. The molecule has 8 heteroatoms. The normalized spacial score (nSPS) is 11.3. The van der Waals surface area contributed by atoms with Crippen molar-refractivity contribution in [2.24, 2.45) is 0 Å². The Balaban J connectivity index is 1.57. The lowest BCUT2D eigenvalue weighted by Gasteiger charge is -2.19. The number of rotatable bonds is 9. The third-order valence-corrected chi connectivity index (χ3v) is 6.72. The van der Waals surface area contributed by atoms with Crippen molar-refractivity contribution < 1.29 is 23.5 Å². The second-order valence-corrected chi connectivity index (χ2v) is 9.10. The van der Waals surface area contributed by atoms with Crippen LogP contribution in [-0.2, 0) is 4.79 Å². The van der Waals surface area contributed by atoms with Crippen LogP contribution in [0, 0.1) is 5.82 Å². The van der Waals surface area contributed by atoms with Gasteiger partial charge >= 0.3 is 0 Å². The average Bonchev–Trinajstić information content (AvgIpc) is 2.92. The summed E-state index contributed by atoms with van der Waals surface area (Å²) in [5.74, 6) is -0.314. The van der Waals surface area contributed by atoms with E-state index in [1.807, 2.05) is 36.4 Å². The molecule has 0 aliphatic carbocycles. The molecule has 4 aromatic carbocycles. The summed E-state index contributed by atoms with van der Waals surface area (Å²) in [5, 5.41) is 5.07. The van der Waals surface area contributed by atoms with Crippen molar-refractivity contribution in [1.82, 2.24) is 0 Å². The average molecular weight is 517 g/mol. The van der Waals surface area contributed by atoms with Crippen molar-refractivity contribution in [3.8, 4) is 11.5 Å². The van der Waals surface area contributed by atoms with Crippen LogP contribution >= 0.6 is 11.8 Å². The van der Waals surface area contributed by atoms with Crippen LogP contribution in [-0.4, -0.2) is 26.0 Å². The predicted octanol–water partition coefficient (Wildman–Crippen LogP) is 6.57. The Hall–Kier alpha value is -4.30. The zero-order chi connectivity index (χ0) is 26.2. The highest BCUT2D eigenvalue weighted by Gasteiger charge is 2.24. The smallest absolute Gasteiger partial charge is 0.258 e. The number of benzene rings is 4. The number of nitrogens with one attached hydrogen (secondary N) is 2. The number of carbonyl (C=O) groups is 2. The highest BCUT2D eigenvalue weighted by molar-refractivity contribution is 8.00. The fraction of sp³-hybridized carbons (Fsp3) is 0.103. The van der Waals surface area contributed by atoms with Crippen molar-refractivity contribution in [1.29, 1.82) is 0 Å². The van der Waals surface area contributed by atoms with E-state index < -0.39 is 17.0 Å². The first-order valence-corrected chi connectivity index (χ1v) is 12.3. The number of amides is 2. The van der Waals surface area contributed by atoms with Gasteiger partial charge in [-0.2, -0.15) is 0 Å². The van der Waals surface area contributed by atoms with Gasteiger partial charge in [0.15, 0.2) is 0 Å². The van der Waals surface area contributed by atoms with Crippen LogP contribution in [0.1, 0.15) is 21.2 Å². The summed E-state index contributed by atoms with van der Waals surface area (Å²) in [6, 6.07) is 27.4. The maximum Gasteiger partial charge on any atom is 0.258 e. The Morgan fingerprint density at radius 1 is 0.811 bits per heavy atom. The number of anilines is 2. The highest BCUT2D eigenvalue weighted by atomic mass is 32.2. The molecule has 0 aliphatic heterocycles. The minimum Gasteiger partial charge on any atom is -0.497 e. The SMILES string of the molecule is COc1ccc(NC(=O)C(Sc2cccc(NC(=O)c3ccccc3F)c2)c2ccccc2)c(OC)c1. The lowest BCUT2D eigenvalue weighted by molar-refractivity contribution is -0.115. The van der Waals surface area contributed by atoms with E-state index in [0.29, 0.717) is 22.9 Å². The van der Waals surface area contributed by atoms with Crippen LogP contribution in [0.25, 0.3) is 0 Å². The Morgan fingerprint density at radius 3 is 2.30 bits per heavy atom. The van der Waals surface area contributed by atoms with Crippen LogP contribution in [0.4, 0.5) is 15.8 Å². The second kappa shape index (κ2) is 12.1. The largest absolute Gasteiger partial charge is 0.497 e. The number of halogens is 1. The topological polar surface area (TPSA) is 76.7 Å². The van der Waals surface area contributed by atoms with Gasteiger partial charge in [0.05, 0.1) is 25.5 Å². The van der Waals surface area contributed by atoms with Crippen LogP contribution < -0.4 is 20.1 Å². The van der Waals surface area contributed by atoms with E-state index in [0.717, 1.165) is 10.5 Å². The van der Waals surface area contributed by atoms with E-state index in [4.69, 9.17) is 9.47 Å². The van der Waals surface area contributed by atoms with E-state index >= 15 is 0 Å². The number of carbonyl (C=O) groups excluding carboxylic acids is 2. The van der Waals surface area contributed by atoms with Crippen LogP contribution in [0.5, 0.6) is 11.5 Å². The third-order valence-electron chi connectivity index (χ3n) is 5.47. The van der Waals surface area contributed by atoms with Gasteiger partial charge < -0.3 is 20.1 Å². The molecule has 2 amide bonds. The molecule has 4 rings (SSSR count). The molecule has 0 spiro atoms. The van der Waals surface area contributed by atoms with E-state index in [9.17, 15) is 14.0 Å². The minimum absolute atomic E-state index is 0.0458. The molecule has 6 nitrogen and oxygen atoms in total. The summed E-state index contributed by atoms with van der Waals surface area (Å²) >= 11 is 1.33. The summed E-state index contributed by atoms with van der Waals surface area (Å²) in [7, 11) is 3.08. The molecule has 0 bridgehead atoms. The van der Waals surface area contributed by atoms with Crippen LogP contribution in [0.2, 0.25) is 0 Å². The minimum atomic E-state index is -0.606. The maximum absolute atomic E-state index is 14.0. The van der Waals surface area contributed by atoms with E-state index in [2.05, 4.69) is 10.6 Å². The third kappa shape index (κ3) is 6.48. The fourth-order valence-electron chi connectivity index (χ4n) is 3.63. The molecule has 2 N–H and O–H groups in total. The van der Waals surface area contributed by atoms with Gasteiger partial charge in [0.1, 0.15) is 22.6 Å². The molecular weight excluding hydrogens is 491 g/mol. The molecule has 4 aromatic rings. The van der Waals surface area contributed by atoms with Gasteiger partial charge in [-0.25, -0.2) is 4.39 Å². The Kier molecular flexibility index (Phi) is 8.43. The van der Waals surface area contributed by atoms with Crippen molar-refractivity contribution in [3.05, 3.63) is 114 Å². The van der Waals surface area contributed by atoms with Gasteiger partial charge in [0.2, 0.25) is 5.91 Å². The number of methoxy groups -OCH3 is 2. The van der Waals surface area contributed by atoms with Gasteiger partial charge in [0.25, 0.3) is 5.91 Å². The molecule has 1 unspecified atom stereocenters. The van der Waals surface area contributed by atoms with Gasteiger partial charge in [-0.05, 0) is 48.0 Å². The molecule has 188 valence electrons. The Morgan fingerprint density at radius 2 is 1.57 bits per heavy atom. The van der Waals surface area contributed by atoms with E-state index in [1.54, 1.807) is 49.6 Å². The summed E-state index contributed by atoms with van der Waals surface area (Å²) < 4.78 is 24.7. The van der Waals surface area contributed by atoms with Gasteiger partial charge in [-0.1, -0.05) is 48.5 Å². The first kappa shape index (κ1) is 25.8. The first-order chi connectivity index (χ1) is 18.0. The zero-order valence-corrected chi connectivity index (χ0v) is 21.1. The first-order valence-electron chi connectivity index (χ1n) is 11.4. The monoisotopic (exact) mass is 516 g/mol. The Bertz CT molecular complexity index is 1400. The lowest BCUT2D eigenvalue weighted by atomic mass is 10.1. The molecule has 0 aliphatic rings. The molecule has 0 fully saturated rings. The Labute approximate surface area is 218 Å². The molecule has 0 heterocycles. The predicted molar refractivity (Wildman–Crippen MR) is 144 cm³/mol. The van der Waals surface area contributed by atoms with Gasteiger partial charge in [0, 0.05) is 16.6 Å². The van der Waals surface area contributed by atoms with Crippen molar-refractivity contribution in [2.45, 2.75) is 10.1 Å². The fourth-order valence-corrected chi connectivity index (χ4v) is 4.71. The number of hydrogen-bond acceptors (Lipinski definition) is 5. The summed E-state index contributed by atoms with van der Waals surface area (Å²) in [6.45, 7) is 0. The van der Waals surface area contributed by atoms with Crippen LogP contribution in [0.15, 0.2) is 102 Å². The molecule has 0 aromatic heterocycles. The van der Waals surface area contributed by atoms with Crippen molar-refractivity contribution >= 4 is 35.0 Å². The molecule has 0 saturated carbocycles. The molecule has 0 radical (unpaired) electrons. The molecule has 0 saturated heterocycles. The maximum atomic E-state index is 14.0. The summed E-state index contributed by atoms with van der Waals surface area (Å²) in [5.41, 5.74) is 1.76. The van der Waals surface area contributed by atoms with Gasteiger partial charge in [-0.3, -0.25) is 9.59 Å². The van der Waals surface area contributed by atoms with E-state index in [-0.39, 0.29) is 11.5 Å². The van der Waals surface area contributed by atoms with E-state index in [1.165, 1.54) is 37.1 Å². The molecular formula is C29H25FN2O4S. The standard InChI is InChI=1S/C29H25FN2O4S/c1-35-21-15-16-25(26(18-21)36-2)32-29(34)27(19-9-4-3-5-10-19)37-22-12-8-11-20(17-22)31-28(33)23-13-6-7-14-24(23)30/h3-18,27H,1-2H3,(H,31,33)(H,32,34). The van der Waals surface area contributed by atoms with Crippen molar-refractivity contribution in [3.63, 3.8) is 0 Å². The quantitative estimate of drug-likeness (QED) is 0.246.